The van der Waals surface area contributed by atoms with Gasteiger partial charge in [0.1, 0.15) is 5.76 Å². The summed E-state index contributed by atoms with van der Waals surface area (Å²) < 4.78 is 11.4. The number of imidazole rings is 1. The molecule has 0 saturated carbocycles. The minimum absolute atomic E-state index is 0.119. The topological polar surface area (TPSA) is 111 Å². The van der Waals surface area contributed by atoms with E-state index in [-0.39, 0.29) is 17.3 Å². The minimum Gasteiger partial charge on any atom is -0.383 e. The van der Waals surface area contributed by atoms with Crippen molar-refractivity contribution in [1.29, 1.82) is 0 Å². The molecule has 0 spiro atoms. The molecule has 0 atom stereocenters. The van der Waals surface area contributed by atoms with E-state index in [1.54, 1.807) is 48.9 Å². The molecule has 3 aromatic rings. The molecular weight excluding hydrogens is 326 g/mol. The molecule has 0 radical (unpaired) electrons. The summed E-state index contributed by atoms with van der Waals surface area (Å²) in [6.07, 6.45) is 1.67. The van der Waals surface area contributed by atoms with Gasteiger partial charge in [0.05, 0.1) is 12.1 Å². The van der Waals surface area contributed by atoms with Gasteiger partial charge in [-0.05, 0) is 19.1 Å². The summed E-state index contributed by atoms with van der Waals surface area (Å²) in [5.74, 6) is 0.101. The van der Waals surface area contributed by atoms with Crippen LogP contribution in [-0.4, -0.2) is 46.6 Å². The van der Waals surface area contributed by atoms with Gasteiger partial charge in [-0.15, -0.1) is 0 Å². The Morgan fingerprint density at radius 3 is 2.88 bits per heavy atom. The molecule has 0 fully saturated rings. The second kappa shape index (κ2) is 7.14. The number of nitrogens with one attached hydrogen (secondary N) is 2. The molecule has 2 N–H and O–H groups in total. The van der Waals surface area contributed by atoms with E-state index in [4.69, 9.17) is 9.26 Å². The first-order valence-corrected chi connectivity index (χ1v) is 7.59. The van der Waals surface area contributed by atoms with Gasteiger partial charge in [0.2, 0.25) is 5.82 Å². The fourth-order valence-corrected chi connectivity index (χ4v) is 2.31. The van der Waals surface area contributed by atoms with Gasteiger partial charge in [-0.2, -0.15) is 0 Å². The third-order valence-corrected chi connectivity index (χ3v) is 3.43. The Balaban J connectivity index is 1.90. The van der Waals surface area contributed by atoms with E-state index in [0.29, 0.717) is 24.4 Å². The summed E-state index contributed by atoms with van der Waals surface area (Å²) in [5.41, 5.74) is 0.634. The lowest BCUT2D eigenvalue weighted by Crippen LogP contribution is -2.28. The van der Waals surface area contributed by atoms with Gasteiger partial charge in [-0.25, -0.2) is 4.98 Å². The SMILES string of the molecule is COCCNC(=O)c1nc(C(=O)Nc2cc(C)on2)c2ccccn12. The number of ether oxygens (including phenoxy) is 1. The van der Waals surface area contributed by atoms with Crippen LogP contribution in [0.25, 0.3) is 5.52 Å². The molecule has 9 heteroatoms. The molecular formula is C16H17N5O4. The van der Waals surface area contributed by atoms with Gasteiger partial charge in [0.25, 0.3) is 11.8 Å². The second-order valence-electron chi connectivity index (χ2n) is 5.27. The highest BCUT2D eigenvalue weighted by Gasteiger charge is 2.21. The maximum atomic E-state index is 12.5. The molecule has 0 saturated heterocycles. The molecule has 0 aromatic carbocycles. The molecule has 2 amide bonds. The number of fused-ring (bicyclic) bond motifs is 1. The van der Waals surface area contributed by atoms with Gasteiger partial charge < -0.3 is 19.9 Å². The Kier molecular flexibility index (Phi) is 4.75. The zero-order valence-electron chi connectivity index (χ0n) is 13.8. The normalized spacial score (nSPS) is 10.8. The molecule has 0 aliphatic rings. The average molecular weight is 343 g/mol. The van der Waals surface area contributed by atoms with E-state index in [1.807, 2.05) is 0 Å². The van der Waals surface area contributed by atoms with Gasteiger partial charge in [-0.1, -0.05) is 11.2 Å². The summed E-state index contributed by atoms with van der Waals surface area (Å²) >= 11 is 0. The maximum Gasteiger partial charge on any atom is 0.287 e. The van der Waals surface area contributed by atoms with Crippen molar-refractivity contribution in [2.24, 2.45) is 0 Å². The number of methoxy groups -OCH3 is 1. The molecule has 3 heterocycles. The lowest BCUT2D eigenvalue weighted by molar-refractivity contribution is 0.0926. The van der Waals surface area contributed by atoms with Gasteiger partial charge in [0, 0.05) is 25.9 Å². The van der Waals surface area contributed by atoms with Crippen molar-refractivity contribution in [1.82, 2.24) is 19.9 Å². The zero-order valence-corrected chi connectivity index (χ0v) is 13.8. The number of hydrogen-bond donors (Lipinski definition) is 2. The fourth-order valence-electron chi connectivity index (χ4n) is 2.31. The van der Waals surface area contributed by atoms with Crippen LogP contribution in [-0.2, 0) is 4.74 Å². The van der Waals surface area contributed by atoms with Crippen LogP contribution < -0.4 is 10.6 Å². The second-order valence-corrected chi connectivity index (χ2v) is 5.27. The number of hydrogen-bond acceptors (Lipinski definition) is 6. The highest BCUT2D eigenvalue weighted by Crippen LogP contribution is 2.16. The third kappa shape index (κ3) is 3.50. The number of aromatic nitrogens is 3. The molecule has 3 aromatic heterocycles. The molecule has 9 nitrogen and oxygen atoms in total. The number of aryl methyl sites for hydroxylation is 1. The molecule has 25 heavy (non-hydrogen) atoms. The first kappa shape index (κ1) is 16.7. The molecule has 0 bridgehead atoms. The van der Waals surface area contributed by atoms with E-state index in [2.05, 4.69) is 20.8 Å². The van der Waals surface area contributed by atoms with E-state index < -0.39 is 11.8 Å². The Bertz CT molecular complexity index is 914. The number of pyridine rings is 1. The van der Waals surface area contributed by atoms with Crippen LogP contribution in [0.5, 0.6) is 0 Å². The lowest BCUT2D eigenvalue weighted by atomic mass is 10.3. The van der Waals surface area contributed by atoms with Crippen LogP contribution in [0.3, 0.4) is 0 Å². The Morgan fingerprint density at radius 1 is 1.32 bits per heavy atom. The first-order valence-electron chi connectivity index (χ1n) is 7.59. The van der Waals surface area contributed by atoms with Crippen molar-refractivity contribution >= 4 is 23.1 Å². The fraction of sp³-hybridized carbons (Fsp3) is 0.250. The smallest absolute Gasteiger partial charge is 0.287 e. The summed E-state index contributed by atoms with van der Waals surface area (Å²) in [5, 5.41) is 9.01. The van der Waals surface area contributed by atoms with Gasteiger partial charge >= 0.3 is 0 Å². The van der Waals surface area contributed by atoms with E-state index in [9.17, 15) is 9.59 Å². The summed E-state index contributed by atoms with van der Waals surface area (Å²) in [6, 6.07) is 6.82. The summed E-state index contributed by atoms with van der Waals surface area (Å²) in [7, 11) is 1.55. The molecule has 0 unspecified atom stereocenters. The van der Waals surface area contributed by atoms with Crippen LogP contribution in [0.2, 0.25) is 0 Å². The van der Waals surface area contributed by atoms with Gasteiger partial charge in [-0.3, -0.25) is 14.0 Å². The Morgan fingerprint density at radius 2 is 2.16 bits per heavy atom. The summed E-state index contributed by atoms with van der Waals surface area (Å²) in [4.78, 5) is 29.0. The number of rotatable bonds is 6. The zero-order chi connectivity index (χ0) is 17.8. The Hall–Kier alpha value is -3.20. The van der Waals surface area contributed by atoms with E-state index >= 15 is 0 Å². The monoisotopic (exact) mass is 343 g/mol. The maximum absolute atomic E-state index is 12.5. The van der Waals surface area contributed by atoms with Crippen LogP contribution in [0.15, 0.2) is 35.0 Å². The highest BCUT2D eigenvalue weighted by atomic mass is 16.5. The third-order valence-electron chi connectivity index (χ3n) is 3.43. The Labute approximate surface area is 143 Å². The number of anilines is 1. The van der Waals surface area contributed by atoms with E-state index in [1.165, 1.54) is 0 Å². The number of amides is 2. The van der Waals surface area contributed by atoms with Crippen molar-refractivity contribution < 1.29 is 18.8 Å². The largest absolute Gasteiger partial charge is 0.383 e. The van der Waals surface area contributed by atoms with Crippen LogP contribution >= 0.6 is 0 Å². The summed E-state index contributed by atoms with van der Waals surface area (Å²) in [6.45, 7) is 2.45. The predicted octanol–water partition coefficient (Wildman–Crippen LogP) is 1.26. The minimum atomic E-state index is -0.479. The van der Waals surface area contributed by atoms with Crippen molar-refractivity contribution in [2.75, 3.05) is 25.6 Å². The number of nitrogens with zero attached hydrogens (tertiary/aromatic N) is 3. The molecule has 0 aliphatic heterocycles. The highest BCUT2D eigenvalue weighted by molar-refractivity contribution is 6.08. The van der Waals surface area contributed by atoms with Crippen molar-refractivity contribution in [3.8, 4) is 0 Å². The standard InChI is InChI=1S/C16H17N5O4/c1-10-9-12(20-25-10)18-15(22)13-11-5-3-4-7-21(11)14(19-13)16(23)17-6-8-24-2/h3-5,7,9H,6,8H2,1-2H3,(H,17,23)(H,18,20,22). The average Bonchev–Trinajstić information content (AvgIpc) is 3.18. The number of carbonyl (C=O) groups excluding carboxylic acids is 2. The van der Waals surface area contributed by atoms with E-state index in [0.717, 1.165) is 0 Å². The van der Waals surface area contributed by atoms with Crippen LogP contribution in [0, 0.1) is 6.92 Å². The van der Waals surface area contributed by atoms with Crippen molar-refractivity contribution in [3.63, 3.8) is 0 Å². The van der Waals surface area contributed by atoms with Crippen LogP contribution in [0.1, 0.15) is 26.9 Å². The first-order chi connectivity index (χ1) is 12.1. The van der Waals surface area contributed by atoms with Crippen molar-refractivity contribution in [3.05, 3.63) is 47.7 Å². The lowest BCUT2D eigenvalue weighted by Gasteiger charge is -2.03. The molecule has 3 rings (SSSR count). The predicted molar refractivity (Wildman–Crippen MR) is 88.6 cm³/mol. The van der Waals surface area contributed by atoms with Crippen LogP contribution in [0.4, 0.5) is 5.82 Å². The quantitative estimate of drug-likeness (QED) is 0.652. The van der Waals surface area contributed by atoms with Gasteiger partial charge in [0.15, 0.2) is 11.5 Å². The van der Waals surface area contributed by atoms with Crippen molar-refractivity contribution in [2.45, 2.75) is 6.92 Å². The molecule has 130 valence electrons. The molecule has 0 aliphatic carbocycles. The number of carbonyl (C=O) groups is 2.